The van der Waals surface area contributed by atoms with E-state index in [4.69, 9.17) is 16.3 Å². The Hall–Kier alpha value is -2.96. The van der Waals surface area contributed by atoms with Gasteiger partial charge < -0.3 is 4.74 Å². The number of carbonyl (C=O) groups excluding carboxylic acids is 1. The molecule has 0 saturated heterocycles. The molecule has 152 valence electrons. The van der Waals surface area contributed by atoms with Crippen molar-refractivity contribution in [1.82, 2.24) is 9.55 Å². The Labute approximate surface area is 182 Å². The fraction of sp³-hybridized carbons (Fsp3) is 0.174. The molecule has 0 radical (unpaired) electrons. The molecule has 0 N–H and O–H groups in total. The van der Waals surface area contributed by atoms with E-state index in [0.717, 1.165) is 23.1 Å². The molecule has 2 aromatic heterocycles. The Balaban J connectivity index is 1.68. The number of halogens is 1. The lowest BCUT2D eigenvalue weighted by molar-refractivity contribution is 0.0505. The van der Waals surface area contributed by atoms with Crippen molar-refractivity contribution in [2.45, 2.75) is 19.9 Å². The highest BCUT2D eigenvalue weighted by atomic mass is 35.5. The van der Waals surface area contributed by atoms with Crippen molar-refractivity contribution in [1.29, 1.82) is 0 Å². The van der Waals surface area contributed by atoms with Crippen LogP contribution < -0.4 is 5.56 Å². The highest BCUT2D eigenvalue weighted by molar-refractivity contribution is 7.17. The normalized spacial score (nSPS) is 11.0. The van der Waals surface area contributed by atoms with Crippen molar-refractivity contribution in [3.05, 3.63) is 86.7 Å². The Bertz CT molecular complexity index is 1260. The van der Waals surface area contributed by atoms with Crippen LogP contribution in [0.5, 0.6) is 0 Å². The van der Waals surface area contributed by atoms with Crippen molar-refractivity contribution < 1.29 is 9.53 Å². The smallest absolute Gasteiger partial charge is 0.338 e. The fourth-order valence-electron chi connectivity index (χ4n) is 3.19. The SMILES string of the molecule is CCCOC(=O)c1cccc(Cn2cnc3scc(-c4ccc(Cl)cc4)c3c2=O)c1. The first-order valence-corrected chi connectivity index (χ1v) is 10.8. The Morgan fingerprint density at radius 3 is 2.77 bits per heavy atom. The van der Waals surface area contributed by atoms with E-state index in [-0.39, 0.29) is 11.5 Å². The van der Waals surface area contributed by atoms with Gasteiger partial charge in [-0.1, -0.05) is 42.8 Å². The molecule has 7 heteroatoms. The summed E-state index contributed by atoms with van der Waals surface area (Å²) in [5.41, 5.74) is 2.94. The van der Waals surface area contributed by atoms with Gasteiger partial charge in [0, 0.05) is 16.0 Å². The van der Waals surface area contributed by atoms with Gasteiger partial charge >= 0.3 is 5.97 Å². The molecule has 0 fully saturated rings. The number of nitrogens with zero attached hydrogens (tertiary/aromatic N) is 2. The van der Waals surface area contributed by atoms with Gasteiger partial charge in [0.25, 0.3) is 5.56 Å². The third-order valence-electron chi connectivity index (χ3n) is 4.67. The molecule has 4 aromatic rings. The van der Waals surface area contributed by atoms with Crippen LogP contribution in [0, 0.1) is 0 Å². The number of ether oxygens (including phenoxy) is 1. The summed E-state index contributed by atoms with van der Waals surface area (Å²) in [5, 5.41) is 3.17. The van der Waals surface area contributed by atoms with E-state index in [1.165, 1.54) is 11.3 Å². The molecular weight excluding hydrogens is 420 g/mol. The highest BCUT2D eigenvalue weighted by Crippen LogP contribution is 2.31. The second kappa shape index (κ2) is 8.81. The lowest BCUT2D eigenvalue weighted by Gasteiger charge is -2.08. The molecule has 4 rings (SSSR count). The number of fused-ring (bicyclic) bond motifs is 1. The molecule has 0 saturated carbocycles. The first kappa shape index (κ1) is 20.3. The molecule has 0 amide bonds. The van der Waals surface area contributed by atoms with E-state index in [2.05, 4.69) is 4.98 Å². The summed E-state index contributed by atoms with van der Waals surface area (Å²) in [4.78, 5) is 30.5. The maximum Gasteiger partial charge on any atom is 0.338 e. The second-order valence-corrected chi connectivity index (χ2v) is 8.14. The number of hydrogen-bond acceptors (Lipinski definition) is 5. The van der Waals surface area contributed by atoms with E-state index in [0.29, 0.717) is 34.0 Å². The molecule has 0 aliphatic rings. The summed E-state index contributed by atoms with van der Waals surface area (Å²) in [5.74, 6) is -0.359. The zero-order chi connectivity index (χ0) is 21.1. The summed E-state index contributed by atoms with van der Waals surface area (Å²) in [6, 6.07) is 14.5. The largest absolute Gasteiger partial charge is 0.462 e. The molecular formula is C23H19ClN2O3S. The standard InChI is InChI=1S/C23H19ClN2O3S/c1-2-10-29-23(28)17-5-3-4-15(11-17)12-26-14-25-21-20(22(26)27)19(13-30-21)16-6-8-18(24)9-7-16/h3-9,11,13-14H,2,10,12H2,1H3. The van der Waals surface area contributed by atoms with Gasteiger partial charge in [-0.2, -0.15) is 0 Å². The first-order chi connectivity index (χ1) is 14.6. The van der Waals surface area contributed by atoms with E-state index >= 15 is 0 Å². The third-order valence-corrected chi connectivity index (χ3v) is 5.81. The summed E-state index contributed by atoms with van der Waals surface area (Å²) in [6.45, 7) is 2.64. The number of esters is 1. The molecule has 0 atom stereocenters. The van der Waals surface area contributed by atoms with Gasteiger partial charge in [0.05, 0.1) is 30.4 Å². The molecule has 5 nitrogen and oxygen atoms in total. The van der Waals surface area contributed by atoms with Gasteiger partial charge in [0.1, 0.15) is 4.83 Å². The van der Waals surface area contributed by atoms with E-state index in [1.807, 2.05) is 30.5 Å². The number of benzene rings is 2. The van der Waals surface area contributed by atoms with E-state index in [9.17, 15) is 9.59 Å². The van der Waals surface area contributed by atoms with Gasteiger partial charge in [-0.3, -0.25) is 9.36 Å². The lowest BCUT2D eigenvalue weighted by atomic mass is 10.1. The van der Waals surface area contributed by atoms with Crippen LogP contribution >= 0.6 is 22.9 Å². The molecule has 2 heterocycles. The van der Waals surface area contributed by atoms with E-state index < -0.39 is 0 Å². The van der Waals surface area contributed by atoms with Crippen LogP contribution in [0.2, 0.25) is 5.02 Å². The Morgan fingerprint density at radius 1 is 1.20 bits per heavy atom. The highest BCUT2D eigenvalue weighted by Gasteiger charge is 2.14. The van der Waals surface area contributed by atoms with Crippen LogP contribution in [-0.4, -0.2) is 22.1 Å². The van der Waals surface area contributed by atoms with Crippen LogP contribution in [0.25, 0.3) is 21.3 Å². The minimum Gasteiger partial charge on any atom is -0.462 e. The quantitative estimate of drug-likeness (QED) is 0.378. The fourth-order valence-corrected chi connectivity index (χ4v) is 4.23. The molecule has 0 bridgehead atoms. The number of aromatic nitrogens is 2. The maximum atomic E-state index is 13.2. The predicted molar refractivity (Wildman–Crippen MR) is 120 cm³/mol. The van der Waals surface area contributed by atoms with Crippen molar-refractivity contribution >= 4 is 39.1 Å². The topological polar surface area (TPSA) is 61.2 Å². The van der Waals surface area contributed by atoms with Crippen molar-refractivity contribution in [3.63, 3.8) is 0 Å². The van der Waals surface area contributed by atoms with Gasteiger partial charge in [0.15, 0.2) is 0 Å². The monoisotopic (exact) mass is 438 g/mol. The maximum absolute atomic E-state index is 13.2. The second-order valence-electron chi connectivity index (χ2n) is 6.85. The zero-order valence-corrected chi connectivity index (χ0v) is 17.9. The molecule has 30 heavy (non-hydrogen) atoms. The molecule has 0 aliphatic heterocycles. The van der Waals surface area contributed by atoms with Crippen molar-refractivity contribution in [2.24, 2.45) is 0 Å². The molecule has 2 aromatic carbocycles. The van der Waals surface area contributed by atoms with Gasteiger partial charge in [0.2, 0.25) is 0 Å². The van der Waals surface area contributed by atoms with E-state index in [1.54, 1.807) is 41.2 Å². The van der Waals surface area contributed by atoms with Gasteiger partial charge in [-0.25, -0.2) is 9.78 Å². The summed E-state index contributed by atoms with van der Waals surface area (Å²) in [7, 11) is 0. The summed E-state index contributed by atoms with van der Waals surface area (Å²) >= 11 is 7.43. The molecule has 0 aliphatic carbocycles. The molecule has 0 unspecified atom stereocenters. The van der Waals surface area contributed by atoms with Crippen molar-refractivity contribution in [2.75, 3.05) is 6.61 Å². The third kappa shape index (κ3) is 4.15. The van der Waals surface area contributed by atoms with Crippen LogP contribution in [0.15, 0.2) is 65.0 Å². The van der Waals surface area contributed by atoms with Crippen molar-refractivity contribution in [3.8, 4) is 11.1 Å². The molecule has 0 spiro atoms. The lowest BCUT2D eigenvalue weighted by Crippen LogP contribution is -2.21. The summed E-state index contributed by atoms with van der Waals surface area (Å²) < 4.78 is 6.76. The minimum absolute atomic E-state index is 0.120. The van der Waals surface area contributed by atoms with Crippen LogP contribution in [0.1, 0.15) is 29.3 Å². The Morgan fingerprint density at radius 2 is 2.00 bits per heavy atom. The minimum atomic E-state index is -0.359. The van der Waals surface area contributed by atoms with Crippen LogP contribution in [-0.2, 0) is 11.3 Å². The van der Waals surface area contributed by atoms with Crippen LogP contribution in [0.3, 0.4) is 0 Å². The van der Waals surface area contributed by atoms with Gasteiger partial charge in [-0.15, -0.1) is 11.3 Å². The zero-order valence-electron chi connectivity index (χ0n) is 16.3. The Kier molecular flexibility index (Phi) is 5.97. The number of carbonyl (C=O) groups is 1. The first-order valence-electron chi connectivity index (χ1n) is 9.55. The average molecular weight is 439 g/mol. The predicted octanol–water partition coefficient (Wildman–Crippen LogP) is 5.39. The van der Waals surface area contributed by atoms with Gasteiger partial charge in [-0.05, 0) is 41.8 Å². The number of hydrogen-bond donors (Lipinski definition) is 0. The van der Waals surface area contributed by atoms with Crippen LogP contribution in [0.4, 0.5) is 0 Å². The average Bonchev–Trinajstić information content (AvgIpc) is 3.19. The number of rotatable bonds is 6. The summed E-state index contributed by atoms with van der Waals surface area (Å²) in [6.07, 6.45) is 2.32. The number of thiophene rings is 1.